The SMILES string of the molecule is C[N+](C)(C)CCNC(=O)CCOCCOCCOCCOCCN1NNC2=C1CCCCCC2OCC(=O)NO. The van der Waals surface area contributed by atoms with E-state index in [1.165, 1.54) is 0 Å². The molecule has 14 heteroatoms. The van der Waals surface area contributed by atoms with Gasteiger partial charge in [-0.25, -0.2) is 5.48 Å². The van der Waals surface area contributed by atoms with Crippen molar-refractivity contribution in [2.24, 2.45) is 0 Å². The standard InChI is InChI=1S/C26H50N6O8/c1-32(2,3)12-10-27-24(33)9-13-36-15-17-38-19-20-39-18-16-37-14-11-31-22-7-5-4-6-8-23(26(22)28-30-31)40-21-25(34)29-35/h23,28,30H,4-21H2,1-3H3,(H2-,27,29,33,34,35)/p+1. The number of hydroxylamine groups is 1. The molecule has 1 aliphatic carbocycles. The highest BCUT2D eigenvalue weighted by atomic mass is 16.6. The maximum Gasteiger partial charge on any atom is 0.269 e. The van der Waals surface area contributed by atoms with Crippen LogP contribution in [0.2, 0.25) is 0 Å². The molecule has 0 saturated heterocycles. The molecular weight excluding hydrogens is 524 g/mol. The summed E-state index contributed by atoms with van der Waals surface area (Å²) in [5.74, 6) is -0.562. The summed E-state index contributed by atoms with van der Waals surface area (Å²) in [4.78, 5) is 23.1. The van der Waals surface area contributed by atoms with Crippen molar-refractivity contribution in [1.82, 2.24) is 26.8 Å². The van der Waals surface area contributed by atoms with Crippen LogP contribution in [0.5, 0.6) is 0 Å². The summed E-state index contributed by atoms with van der Waals surface area (Å²) in [7, 11) is 6.27. The Morgan fingerprint density at radius 3 is 2.23 bits per heavy atom. The molecule has 232 valence electrons. The van der Waals surface area contributed by atoms with Gasteiger partial charge in [0.1, 0.15) is 12.7 Å². The zero-order valence-electron chi connectivity index (χ0n) is 24.5. The normalized spacial score (nSPS) is 17.7. The molecule has 1 aliphatic heterocycles. The van der Waals surface area contributed by atoms with Gasteiger partial charge in [-0.1, -0.05) is 12.8 Å². The fourth-order valence-corrected chi connectivity index (χ4v) is 4.16. The number of rotatable bonds is 21. The largest absolute Gasteiger partial charge is 0.379 e. The predicted molar refractivity (Wildman–Crippen MR) is 147 cm³/mol. The number of likely N-dealkylation sites (N-methyl/N-ethyl adjacent to an activating group) is 1. The summed E-state index contributed by atoms with van der Waals surface area (Å²) in [5.41, 5.74) is 10.0. The first-order valence-electron chi connectivity index (χ1n) is 14.2. The first-order chi connectivity index (χ1) is 19.3. The Balaban J connectivity index is 1.44. The minimum Gasteiger partial charge on any atom is -0.379 e. The molecule has 0 aromatic rings. The number of hydrogen-bond donors (Lipinski definition) is 5. The van der Waals surface area contributed by atoms with Gasteiger partial charge in [0.2, 0.25) is 5.91 Å². The van der Waals surface area contributed by atoms with E-state index in [1.54, 1.807) is 5.48 Å². The fraction of sp³-hybridized carbons (Fsp3) is 0.846. The number of carbonyl (C=O) groups excluding carboxylic acids is 2. The van der Waals surface area contributed by atoms with E-state index in [1.807, 2.05) is 5.01 Å². The molecule has 0 fully saturated rings. The highest BCUT2D eigenvalue weighted by molar-refractivity contribution is 5.76. The summed E-state index contributed by atoms with van der Waals surface area (Å²) in [6.45, 7) is 5.71. The van der Waals surface area contributed by atoms with E-state index in [9.17, 15) is 9.59 Å². The Labute approximate surface area is 238 Å². The van der Waals surface area contributed by atoms with Gasteiger partial charge in [-0.05, 0) is 19.3 Å². The Morgan fingerprint density at radius 1 is 0.925 bits per heavy atom. The zero-order chi connectivity index (χ0) is 29.1. The van der Waals surface area contributed by atoms with E-state index >= 15 is 0 Å². The summed E-state index contributed by atoms with van der Waals surface area (Å²) in [6.07, 6.45) is 5.02. The van der Waals surface area contributed by atoms with Gasteiger partial charge in [0.15, 0.2) is 0 Å². The van der Waals surface area contributed by atoms with Crippen LogP contribution in [0, 0.1) is 0 Å². The second-order valence-electron chi connectivity index (χ2n) is 10.7. The van der Waals surface area contributed by atoms with E-state index in [-0.39, 0.29) is 18.6 Å². The lowest BCUT2D eigenvalue weighted by molar-refractivity contribution is -0.869. The summed E-state index contributed by atoms with van der Waals surface area (Å²) in [6, 6.07) is 0. The van der Waals surface area contributed by atoms with Crippen molar-refractivity contribution in [3.05, 3.63) is 11.4 Å². The predicted octanol–water partition coefficient (Wildman–Crippen LogP) is -0.344. The minimum absolute atomic E-state index is 0.00488. The molecule has 2 amide bonds. The van der Waals surface area contributed by atoms with E-state index < -0.39 is 5.91 Å². The fourth-order valence-electron chi connectivity index (χ4n) is 4.16. The Hall–Kier alpha value is -2.04. The third kappa shape index (κ3) is 15.1. The monoisotopic (exact) mass is 575 g/mol. The van der Waals surface area contributed by atoms with Gasteiger partial charge >= 0.3 is 0 Å². The molecule has 0 saturated carbocycles. The van der Waals surface area contributed by atoms with Crippen molar-refractivity contribution < 1.29 is 43.0 Å². The van der Waals surface area contributed by atoms with Gasteiger partial charge in [0.05, 0.1) is 105 Å². The molecule has 0 radical (unpaired) electrons. The number of hydrogen-bond acceptors (Lipinski definition) is 11. The quantitative estimate of drug-likeness (QED) is 0.0529. The van der Waals surface area contributed by atoms with Gasteiger partial charge in [-0.3, -0.25) is 19.8 Å². The lowest BCUT2D eigenvalue weighted by Crippen LogP contribution is -2.42. The Kier molecular flexibility index (Phi) is 17.0. The molecule has 40 heavy (non-hydrogen) atoms. The first kappa shape index (κ1) is 34.2. The highest BCUT2D eigenvalue weighted by Gasteiger charge is 2.29. The summed E-state index contributed by atoms with van der Waals surface area (Å²) in [5, 5.41) is 13.6. The molecule has 0 spiro atoms. The molecule has 14 nitrogen and oxygen atoms in total. The smallest absolute Gasteiger partial charge is 0.269 e. The van der Waals surface area contributed by atoms with Crippen molar-refractivity contribution >= 4 is 11.8 Å². The molecule has 1 atom stereocenters. The average molecular weight is 576 g/mol. The van der Waals surface area contributed by atoms with Crippen LogP contribution in [0.3, 0.4) is 0 Å². The van der Waals surface area contributed by atoms with Crippen LogP contribution in [-0.2, 0) is 33.3 Å². The maximum atomic E-state index is 11.8. The van der Waals surface area contributed by atoms with Crippen molar-refractivity contribution in [2.45, 2.75) is 44.6 Å². The van der Waals surface area contributed by atoms with Crippen molar-refractivity contribution in [3.63, 3.8) is 0 Å². The molecule has 2 rings (SSSR count). The number of hydrazine groups is 2. The number of nitrogens with one attached hydrogen (secondary N) is 4. The van der Waals surface area contributed by atoms with Crippen molar-refractivity contribution in [3.8, 4) is 0 Å². The van der Waals surface area contributed by atoms with Gasteiger partial charge in [-0.15, -0.1) is 5.53 Å². The van der Waals surface area contributed by atoms with Gasteiger partial charge in [-0.2, -0.15) is 0 Å². The number of allylic oxidation sites excluding steroid dienone is 1. The topological polar surface area (TPSA) is 152 Å². The van der Waals surface area contributed by atoms with E-state index in [4.69, 9.17) is 28.9 Å². The molecule has 1 unspecified atom stereocenters. The second-order valence-corrected chi connectivity index (χ2v) is 10.7. The molecule has 5 N–H and O–H groups in total. The van der Waals surface area contributed by atoms with Crippen LogP contribution >= 0.6 is 0 Å². The van der Waals surface area contributed by atoms with E-state index in [0.717, 1.165) is 54.5 Å². The Morgan fingerprint density at radius 2 is 1.57 bits per heavy atom. The van der Waals surface area contributed by atoms with E-state index in [2.05, 4.69) is 37.4 Å². The third-order valence-electron chi connectivity index (χ3n) is 6.36. The molecule has 1 heterocycles. The van der Waals surface area contributed by atoms with Crippen LogP contribution in [0.1, 0.15) is 38.5 Å². The molecule has 0 bridgehead atoms. The molecular formula is C26H51N6O8+. The van der Waals surface area contributed by atoms with Crippen LogP contribution in [0.4, 0.5) is 0 Å². The zero-order valence-corrected chi connectivity index (χ0v) is 24.5. The van der Waals surface area contributed by atoms with Crippen LogP contribution in [0.25, 0.3) is 0 Å². The maximum absolute atomic E-state index is 11.8. The average Bonchev–Trinajstić information content (AvgIpc) is 3.29. The summed E-state index contributed by atoms with van der Waals surface area (Å²) < 4.78 is 28.8. The number of amides is 2. The third-order valence-corrected chi connectivity index (χ3v) is 6.36. The first-order valence-corrected chi connectivity index (χ1v) is 14.2. The minimum atomic E-state index is -0.567. The van der Waals surface area contributed by atoms with Gasteiger partial charge < -0.3 is 38.9 Å². The van der Waals surface area contributed by atoms with Crippen LogP contribution in [0.15, 0.2) is 11.4 Å². The highest BCUT2D eigenvalue weighted by Crippen LogP contribution is 2.28. The van der Waals surface area contributed by atoms with Crippen molar-refractivity contribution in [2.75, 3.05) is 100 Å². The summed E-state index contributed by atoms with van der Waals surface area (Å²) >= 11 is 0. The van der Waals surface area contributed by atoms with Gasteiger partial charge in [0, 0.05) is 6.42 Å². The molecule has 0 aromatic heterocycles. The number of ether oxygens (including phenoxy) is 5. The van der Waals surface area contributed by atoms with Gasteiger partial charge in [0.25, 0.3) is 5.91 Å². The molecule has 2 aliphatic rings. The lowest BCUT2D eigenvalue weighted by Gasteiger charge is -2.24. The second kappa shape index (κ2) is 19.9. The van der Waals surface area contributed by atoms with Crippen LogP contribution in [-0.4, -0.2) is 133 Å². The molecule has 0 aromatic carbocycles. The number of carbonyl (C=O) groups is 2. The van der Waals surface area contributed by atoms with E-state index in [0.29, 0.717) is 72.4 Å². The number of quaternary nitrogens is 1. The lowest BCUT2D eigenvalue weighted by atomic mass is 9.99. The van der Waals surface area contributed by atoms with Crippen LogP contribution < -0.4 is 21.8 Å². The number of nitrogens with zero attached hydrogens (tertiary/aromatic N) is 2. The van der Waals surface area contributed by atoms with Crippen molar-refractivity contribution in [1.29, 1.82) is 0 Å². The Bertz CT molecular complexity index is 764.